The van der Waals surface area contributed by atoms with Crippen molar-refractivity contribution in [3.63, 3.8) is 0 Å². The molecule has 4 heteroatoms. The highest BCUT2D eigenvalue weighted by atomic mass is 16.5. The minimum Gasteiger partial charge on any atom is -0.490 e. The zero-order valence-electron chi connectivity index (χ0n) is 13.4. The van der Waals surface area contributed by atoms with Crippen molar-refractivity contribution < 1.29 is 9.94 Å². The standard InChI is InChI=1S/C17H26N2O2/c1-11-5-6-15(14(8-11)16(18)19-20)21-13-7-12(2)9-17(3,4)10-13/h5-6,8,12-13,20H,7,9-10H2,1-4H3,(H2,18,19). The van der Waals surface area contributed by atoms with Gasteiger partial charge in [-0.3, -0.25) is 0 Å². The summed E-state index contributed by atoms with van der Waals surface area (Å²) >= 11 is 0. The molecule has 0 aromatic heterocycles. The van der Waals surface area contributed by atoms with Gasteiger partial charge in [0.25, 0.3) is 0 Å². The van der Waals surface area contributed by atoms with Crippen molar-refractivity contribution in [2.24, 2.45) is 22.2 Å². The first-order valence-electron chi connectivity index (χ1n) is 7.56. The Morgan fingerprint density at radius 2 is 2.10 bits per heavy atom. The summed E-state index contributed by atoms with van der Waals surface area (Å²) in [6.45, 7) is 8.83. The largest absolute Gasteiger partial charge is 0.490 e. The molecule has 0 amide bonds. The number of aryl methyl sites for hydroxylation is 1. The predicted molar refractivity (Wildman–Crippen MR) is 84.9 cm³/mol. The van der Waals surface area contributed by atoms with E-state index in [1.54, 1.807) is 0 Å². The lowest BCUT2D eigenvalue weighted by Gasteiger charge is -2.39. The third-order valence-electron chi connectivity index (χ3n) is 4.16. The number of rotatable bonds is 3. The van der Waals surface area contributed by atoms with Crippen LogP contribution in [0.4, 0.5) is 0 Å². The van der Waals surface area contributed by atoms with E-state index in [1.165, 1.54) is 6.42 Å². The Hall–Kier alpha value is -1.71. The van der Waals surface area contributed by atoms with Gasteiger partial charge < -0.3 is 15.7 Å². The van der Waals surface area contributed by atoms with E-state index in [0.29, 0.717) is 22.6 Å². The molecule has 0 radical (unpaired) electrons. The average molecular weight is 290 g/mol. The molecule has 21 heavy (non-hydrogen) atoms. The van der Waals surface area contributed by atoms with Gasteiger partial charge >= 0.3 is 0 Å². The molecule has 1 fully saturated rings. The molecule has 0 saturated heterocycles. The summed E-state index contributed by atoms with van der Waals surface area (Å²) in [6.07, 6.45) is 3.48. The Labute approximate surface area is 127 Å². The van der Waals surface area contributed by atoms with E-state index in [0.717, 1.165) is 18.4 Å². The molecule has 1 aromatic carbocycles. The summed E-state index contributed by atoms with van der Waals surface area (Å²) in [5.41, 5.74) is 7.78. The maximum atomic E-state index is 8.94. The highest BCUT2D eigenvalue weighted by Crippen LogP contribution is 2.40. The molecule has 1 aliphatic carbocycles. The van der Waals surface area contributed by atoms with Gasteiger partial charge in [-0.1, -0.05) is 37.6 Å². The lowest BCUT2D eigenvalue weighted by atomic mass is 9.71. The van der Waals surface area contributed by atoms with E-state index in [2.05, 4.69) is 25.9 Å². The van der Waals surface area contributed by atoms with Gasteiger partial charge in [-0.15, -0.1) is 0 Å². The van der Waals surface area contributed by atoms with Crippen LogP contribution in [0.1, 0.15) is 51.2 Å². The fourth-order valence-electron chi connectivity index (χ4n) is 3.53. The summed E-state index contributed by atoms with van der Waals surface area (Å²) in [4.78, 5) is 0. The smallest absolute Gasteiger partial charge is 0.173 e. The van der Waals surface area contributed by atoms with Crippen LogP contribution in [0.5, 0.6) is 5.75 Å². The number of ether oxygens (including phenoxy) is 1. The van der Waals surface area contributed by atoms with E-state index in [4.69, 9.17) is 15.7 Å². The van der Waals surface area contributed by atoms with E-state index in [1.807, 2.05) is 25.1 Å². The number of hydrogen-bond donors (Lipinski definition) is 2. The molecule has 2 atom stereocenters. The normalized spacial score (nSPS) is 25.6. The lowest BCUT2D eigenvalue weighted by Crippen LogP contribution is -2.34. The van der Waals surface area contributed by atoms with E-state index < -0.39 is 0 Å². The third-order valence-corrected chi connectivity index (χ3v) is 4.16. The highest BCUT2D eigenvalue weighted by Gasteiger charge is 2.33. The van der Waals surface area contributed by atoms with Crippen molar-refractivity contribution >= 4 is 5.84 Å². The van der Waals surface area contributed by atoms with Gasteiger partial charge in [-0.2, -0.15) is 0 Å². The number of amidine groups is 1. The number of hydrogen-bond acceptors (Lipinski definition) is 3. The molecule has 0 aliphatic heterocycles. The Morgan fingerprint density at radius 3 is 2.71 bits per heavy atom. The van der Waals surface area contributed by atoms with Crippen LogP contribution in [0.3, 0.4) is 0 Å². The second-order valence-electron chi connectivity index (χ2n) is 7.14. The first-order chi connectivity index (χ1) is 9.80. The van der Waals surface area contributed by atoms with Gasteiger partial charge in [0.15, 0.2) is 5.84 Å². The van der Waals surface area contributed by atoms with Crippen molar-refractivity contribution in [1.82, 2.24) is 0 Å². The molecule has 2 rings (SSSR count). The number of nitrogens with two attached hydrogens (primary N) is 1. The molecule has 0 bridgehead atoms. The first kappa shape index (κ1) is 15.7. The molecule has 0 spiro atoms. The molecule has 2 unspecified atom stereocenters. The summed E-state index contributed by atoms with van der Waals surface area (Å²) in [6, 6.07) is 5.79. The van der Waals surface area contributed by atoms with Crippen LogP contribution < -0.4 is 10.5 Å². The van der Waals surface area contributed by atoms with Crippen LogP contribution in [0, 0.1) is 18.3 Å². The lowest BCUT2D eigenvalue weighted by molar-refractivity contribution is 0.0561. The Morgan fingerprint density at radius 1 is 1.38 bits per heavy atom. The zero-order valence-corrected chi connectivity index (χ0v) is 13.4. The third kappa shape index (κ3) is 3.90. The van der Waals surface area contributed by atoms with Gasteiger partial charge in [0, 0.05) is 0 Å². The Kier molecular flexibility index (Phi) is 4.45. The maximum Gasteiger partial charge on any atom is 0.173 e. The predicted octanol–water partition coefficient (Wildman–Crippen LogP) is 3.68. The quantitative estimate of drug-likeness (QED) is 0.386. The van der Waals surface area contributed by atoms with Crippen molar-refractivity contribution in [2.45, 2.75) is 53.1 Å². The topological polar surface area (TPSA) is 67.8 Å². The molecule has 1 aromatic rings. The highest BCUT2D eigenvalue weighted by molar-refractivity contribution is 5.99. The second kappa shape index (κ2) is 5.96. The van der Waals surface area contributed by atoms with Crippen molar-refractivity contribution in [3.8, 4) is 5.75 Å². The number of nitrogens with zero attached hydrogens (tertiary/aromatic N) is 1. The molecule has 0 heterocycles. The summed E-state index contributed by atoms with van der Waals surface area (Å²) < 4.78 is 6.20. The van der Waals surface area contributed by atoms with Crippen LogP contribution in [0.15, 0.2) is 23.4 Å². The molecular formula is C17H26N2O2. The SMILES string of the molecule is Cc1ccc(OC2CC(C)CC(C)(C)C2)c(/C(N)=N/O)c1. The summed E-state index contributed by atoms with van der Waals surface area (Å²) in [7, 11) is 0. The van der Waals surface area contributed by atoms with Crippen molar-refractivity contribution in [1.29, 1.82) is 0 Å². The molecule has 1 aliphatic rings. The average Bonchev–Trinajstić information content (AvgIpc) is 2.37. The van der Waals surface area contributed by atoms with Crippen LogP contribution >= 0.6 is 0 Å². The van der Waals surface area contributed by atoms with E-state index in [-0.39, 0.29) is 11.9 Å². The maximum absolute atomic E-state index is 8.94. The summed E-state index contributed by atoms with van der Waals surface area (Å²) in [5.74, 6) is 1.44. The monoisotopic (exact) mass is 290 g/mol. The molecule has 1 saturated carbocycles. The number of benzene rings is 1. The molecule has 116 valence electrons. The fourth-order valence-corrected chi connectivity index (χ4v) is 3.53. The van der Waals surface area contributed by atoms with Crippen LogP contribution in [-0.2, 0) is 0 Å². The minimum atomic E-state index is 0.0943. The zero-order chi connectivity index (χ0) is 15.6. The Bertz CT molecular complexity index is 538. The first-order valence-corrected chi connectivity index (χ1v) is 7.56. The molecular weight excluding hydrogens is 264 g/mol. The van der Waals surface area contributed by atoms with Gasteiger partial charge in [0.05, 0.1) is 11.7 Å². The number of oxime groups is 1. The van der Waals surface area contributed by atoms with E-state index in [9.17, 15) is 0 Å². The van der Waals surface area contributed by atoms with Crippen LogP contribution in [0.25, 0.3) is 0 Å². The Balaban J connectivity index is 2.23. The van der Waals surface area contributed by atoms with E-state index >= 15 is 0 Å². The van der Waals surface area contributed by atoms with Gasteiger partial charge in [0.1, 0.15) is 5.75 Å². The van der Waals surface area contributed by atoms with Gasteiger partial charge in [0.2, 0.25) is 0 Å². The minimum absolute atomic E-state index is 0.0943. The van der Waals surface area contributed by atoms with Gasteiger partial charge in [-0.25, -0.2) is 0 Å². The van der Waals surface area contributed by atoms with Crippen molar-refractivity contribution in [3.05, 3.63) is 29.3 Å². The van der Waals surface area contributed by atoms with Crippen molar-refractivity contribution in [2.75, 3.05) is 0 Å². The molecule has 3 N–H and O–H groups in total. The van der Waals surface area contributed by atoms with Crippen LogP contribution in [-0.4, -0.2) is 17.1 Å². The fraction of sp³-hybridized carbons (Fsp3) is 0.588. The molecule has 4 nitrogen and oxygen atoms in total. The van der Waals surface area contributed by atoms with Gasteiger partial charge in [-0.05, 0) is 49.7 Å². The second-order valence-corrected chi connectivity index (χ2v) is 7.14. The summed E-state index contributed by atoms with van der Waals surface area (Å²) in [5, 5.41) is 12.1. The van der Waals surface area contributed by atoms with Crippen LogP contribution in [0.2, 0.25) is 0 Å².